The molecule has 0 radical (unpaired) electrons. The molecule has 2 N–H and O–H groups in total. The lowest BCUT2D eigenvalue weighted by Gasteiger charge is -2.31. The number of nitrogens with two attached hydrogens (primary N) is 1. The van der Waals surface area contributed by atoms with Gasteiger partial charge in [0.15, 0.2) is 0 Å². The molecular weight excluding hydrogens is 252 g/mol. The van der Waals surface area contributed by atoms with E-state index in [4.69, 9.17) is 15.5 Å². The van der Waals surface area contributed by atoms with E-state index in [2.05, 4.69) is 30.7 Å². The molecule has 5 heteroatoms. The van der Waals surface area contributed by atoms with Gasteiger partial charge >= 0.3 is 0 Å². The molecule has 0 fully saturated rings. The average Bonchev–Trinajstić information content (AvgIpc) is 2.44. The van der Waals surface area contributed by atoms with Crippen molar-refractivity contribution in [2.75, 3.05) is 30.9 Å². The van der Waals surface area contributed by atoms with Crippen molar-refractivity contribution >= 4 is 11.6 Å². The Morgan fingerprint density at radius 3 is 2.55 bits per heavy atom. The van der Waals surface area contributed by atoms with E-state index in [1.54, 1.807) is 7.11 Å². The first-order chi connectivity index (χ1) is 9.54. The summed E-state index contributed by atoms with van der Waals surface area (Å²) in [5.41, 5.74) is 7.01. The van der Waals surface area contributed by atoms with E-state index in [1.807, 2.05) is 6.92 Å². The van der Waals surface area contributed by atoms with Gasteiger partial charge in [0.25, 0.3) is 0 Å². The van der Waals surface area contributed by atoms with Crippen LogP contribution >= 0.6 is 0 Å². The number of anilines is 2. The number of nitrogen functional groups attached to an aromatic ring is 1. The van der Waals surface area contributed by atoms with Gasteiger partial charge in [0, 0.05) is 31.7 Å². The zero-order valence-corrected chi connectivity index (χ0v) is 13.4. The van der Waals surface area contributed by atoms with Crippen molar-refractivity contribution in [2.45, 2.75) is 53.0 Å². The number of aryl methyl sites for hydroxylation is 1. The van der Waals surface area contributed by atoms with Crippen LogP contribution in [0.4, 0.5) is 11.6 Å². The lowest BCUT2D eigenvalue weighted by molar-refractivity contribution is 0.203. The van der Waals surface area contributed by atoms with Crippen molar-refractivity contribution in [3.8, 4) is 0 Å². The van der Waals surface area contributed by atoms with Crippen molar-refractivity contribution < 1.29 is 4.74 Å². The molecule has 114 valence electrons. The zero-order valence-electron chi connectivity index (χ0n) is 13.4. The Morgan fingerprint density at radius 1 is 1.30 bits per heavy atom. The highest BCUT2D eigenvalue weighted by atomic mass is 16.5. The number of ether oxygens (including phenoxy) is 1. The minimum Gasteiger partial charge on any atom is -0.383 e. The van der Waals surface area contributed by atoms with Crippen LogP contribution in [0.15, 0.2) is 0 Å². The summed E-state index contributed by atoms with van der Waals surface area (Å²) in [6.07, 6.45) is 2.93. The third-order valence-corrected chi connectivity index (χ3v) is 3.61. The SMILES string of the molecule is CCCc1nc(N)c(C)c(N(CCOC)C(C)CC)n1. The van der Waals surface area contributed by atoms with E-state index in [1.165, 1.54) is 0 Å². The topological polar surface area (TPSA) is 64.3 Å². The molecule has 1 unspecified atom stereocenters. The Labute approximate surface area is 122 Å². The molecule has 20 heavy (non-hydrogen) atoms. The molecular formula is C15H28N4O. The highest BCUT2D eigenvalue weighted by molar-refractivity contribution is 5.57. The lowest BCUT2D eigenvalue weighted by Crippen LogP contribution is -2.37. The third-order valence-electron chi connectivity index (χ3n) is 3.61. The molecule has 0 bridgehead atoms. The van der Waals surface area contributed by atoms with Crippen LogP contribution in [-0.2, 0) is 11.2 Å². The van der Waals surface area contributed by atoms with Gasteiger partial charge in [0.05, 0.1) is 6.61 Å². The van der Waals surface area contributed by atoms with E-state index in [0.29, 0.717) is 18.5 Å². The second-order valence-electron chi connectivity index (χ2n) is 5.17. The molecule has 1 aromatic rings. The van der Waals surface area contributed by atoms with Gasteiger partial charge in [-0.05, 0) is 26.7 Å². The summed E-state index contributed by atoms with van der Waals surface area (Å²) in [7, 11) is 1.72. The predicted octanol–water partition coefficient (Wildman–Crippen LogP) is 2.57. The number of hydrogen-bond donors (Lipinski definition) is 1. The minimum absolute atomic E-state index is 0.396. The van der Waals surface area contributed by atoms with Crippen LogP contribution in [-0.4, -0.2) is 36.3 Å². The first-order valence-corrected chi connectivity index (χ1v) is 7.43. The van der Waals surface area contributed by atoms with Gasteiger partial charge in [-0.1, -0.05) is 13.8 Å². The summed E-state index contributed by atoms with van der Waals surface area (Å²) in [5.74, 6) is 2.37. The van der Waals surface area contributed by atoms with E-state index >= 15 is 0 Å². The van der Waals surface area contributed by atoms with Gasteiger partial charge < -0.3 is 15.4 Å². The monoisotopic (exact) mass is 280 g/mol. The lowest BCUT2D eigenvalue weighted by atomic mass is 10.2. The first kappa shape index (κ1) is 16.7. The van der Waals surface area contributed by atoms with Crippen LogP contribution in [0.5, 0.6) is 0 Å². The fraction of sp³-hybridized carbons (Fsp3) is 0.733. The van der Waals surface area contributed by atoms with Crippen molar-refractivity contribution in [3.05, 3.63) is 11.4 Å². The van der Waals surface area contributed by atoms with E-state index in [-0.39, 0.29) is 0 Å². The third kappa shape index (κ3) is 4.07. The second kappa shape index (κ2) is 8.04. The molecule has 1 heterocycles. The number of hydrogen-bond acceptors (Lipinski definition) is 5. The number of nitrogens with zero attached hydrogens (tertiary/aromatic N) is 3. The van der Waals surface area contributed by atoms with E-state index < -0.39 is 0 Å². The standard InChI is InChI=1S/C15H28N4O/c1-6-8-13-17-14(16)12(4)15(18-13)19(9-10-20-5)11(3)7-2/h11H,6-10H2,1-5H3,(H2,16,17,18). The Bertz CT molecular complexity index is 423. The van der Waals surface area contributed by atoms with Gasteiger partial charge in [0.2, 0.25) is 0 Å². The van der Waals surface area contributed by atoms with Crippen LogP contribution in [0.25, 0.3) is 0 Å². The smallest absolute Gasteiger partial charge is 0.137 e. The molecule has 1 atom stereocenters. The van der Waals surface area contributed by atoms with E-state index in [0.717, 1.165) is 43.0 Å². The fourth-order valence-corrected chi connectivity index (χ4v) is 2.13. The van der Waals surface area contributed by atoms with Gasteiger partial charge in [-0.25, -0.2) is 9.97 Å². The molecule has 0 aliphatic carbocycles. The Hall–Kier alpha value is -1.36. The highest BCUT2D eigenvalue weighted by Gasteiger charge is 2.19. The van der Waals surface area contributed by atoms with Crippen molar-refractivity contribution in [1.82, 2.24) is 9.97 Å². The van der Waals surface area contributed by atoms with Crippen molar-refractivity contribution in [2.24, 2.45) is 0 Å². The molecule has 0 aliphatic rings. The van der Waals surface area contributed by atoms with Crippen LogP contribution in [0.3, 0.4) is 0 Å². The fourth-order valence-electron chi connectivity index (χ4n) is 2.13. The normalized spacial score (nSPS) is 12.4. The summed E-state index contributed by atoms with van der Waals surface area (Å²) >= 11 is 0. The molecule has 0 aromatic carbocycles. The van der Waals surface area contributed by atoms with Crippen LogP contribution in [0.1, 0.15) is 45.0 Å². The summed E-state index contributed by atoms with van der Waals surface area (Å²) in [5, 5.41) is 0. The zero-order chi connectivity index (χ0) is 15.1. The van der Waals surface area contributed by atoms with Gasteiger partial charge in [-0.2, -0.15) is 0 Å². The summed E-state index contributed by atoms with van der Waals surface area (Å²) in [6, 6.07) is 0.396. The quantitative estimate of drug-likeness (QED) is 0.793. The molecule has 0 spiro atoms. The van der Waals surface area contributed by atoms with Crippen molar-refractivity contribution in [3.63, 3.8) is 0 Å². The van der Waals surface area contributed by atoms with Gasteiger partial charge in [0.1, 0.15) is 17.5 Å². The highest BCUT2D eigenvalue weighted by Crippen LogP contribution is 2.24. The largest absolute Gasteiger partial charge is 0.383 e. The maximum atomic E-state index is 6.05. The summed E-state index contributed by atoms with van der Waals surface area (Å²) in [6.45, 7) is 9.98. The predicted molar refractivity (Wildman–Crippen MR) is 84.2 cm³/mol. The molecule has 0 amide bonds. The molecule has 0 saturated heterocycles. The average molecular weight is 280 g/mol. The molecule has 0 aliphatic heterocycles. The number of aromatic nitrogens is 2. The Balaban J connectivity index is 3.15. The summed E-state index contributed by atoms with van der Waals surface area (Å²) < 4.78 is 5.22. The van der Waals surface area contributed by atoms with Gasteiger partial charge in [-0.15, -0.1) is 0 Å². The minimum atomic E-state index is 0.396. The molecule has 0 saturated carbocycles. The Morgan fingerprint density at radius 2 is 2.00 bits per heavy atom. The second-order valence-corrected chi connectivity index (χ2v) is 5.17. The number of methoxy groups -OCH3 is 1. The molecule has 5 nitrogen and oxygen atoms in total. The van der Waals surface area contributed by atoms with Crippen molar-refractivity contribution in [1.29, 1.82) is 0 Å². The van der Waals surface area contributed by atoms with Crippen LogP contribution < -0.4 is 10.6 Å². The molecule has 1 rings (SSSR count). The summed E-state index contributed by atoms with van der Waals surface area (Å²) in [4.78, 5) is 11.4. The maximum absolute atomic E-state index is 6.05. The van der Waals surface area contributed by atoms with Crippen LogP contribution in [0.2, 0.25) is 0 Å². The first-order valence-electron chi connectivity index (χ1n) is 7.43. The van der Waals surface area contributed by atoms with E-state index in [9.17, 15) is 0 Å². The van der Waals surface area contributed by atoms with Gasteiger partial charge in [-0.3, -0.25) is 0 Å². The number of rotatable bonds is 8. The molecule has 1 aromatic heterocycles. The Kier molecular flexibility index (Phi) is 6.71. The maximum Gasteiger partial charge on any atom is 0.137 e. The van der Waals surface area contributed by atoms with Crippen LogP contribution in [0, 0.1) is 6.92 Å².